The highest BCUT2D eigenvalue weighted by Gasteiger charge is 2.40. The van der Waals surface area contributed by atoms with Crippen molar-refractivity contribution in [3.05, 3.63) is 65.2 Å². The topological polar surface area (TPSA) is 44.5 Å². The zero-order chi connectivity index (χ0) is 13.3. The van der Waals surface area contributed by atoms with Crippen molar-refractivity contribution < 1.29 is 9.47 Å². The van der Waals surface area contributed by atoms with Gasteiger partial charge in [0.2, 0.25) is 5.79 Å². The highest BCUT2D eigenvalue weighted by molar-refractivity contribution is 5.50. The van der Waals surface area contributed by atoms with Crippen LogP contribution in [0.4, 0.5) is 5.69 Å². The summed E-state index contributed by atoms with van der Waals surface area (Å²) in [4.78, 5) is 0. The number of hydrogen-bond acceptors (Lipinski definition) is 3. The maximum absolute atomic E-state index is 5.94. The van der Waals surface area contributed by atoms with Gasteiger partial charge >= 0.3 is 0 Å². The Labute approximate surface area is 113 Å². The molecular weight excluding hydrogens is 238 g/mol. The smallest absolute Gasteiger partial charge is 0.222 e. The van der Waals surface area contributed by atoms with Crippen molar-refractivity contribution in [2.45, 2.75) is 12.7 Å². The molecule has 0 unspecified atom stereocenters. The van der Waals surface area contributed by atoms with Crippen molar-refractivity contribution >= 4 is 5.69 Å². The summed E-state index contributed by atoms with van der Waals surface area (Å²) in [5, 5.41) is 0. The average Bonchev–Trinajstić information content (AvgIpc) is 2.93. The lowest BCUT2D eigenvalue weighted by Gasteiger charge is -2.28. The van der Waals surface area contributed by atoms with E-state index in [1.165, 1.54) is 0 Å². The van der Waals surface area contributed by atoms with Crippen LogP contribution in [0.25, 0.3) is 0 Å². The van der Waals surface area contributed by atoms with Crippen molar-refractivity contribution in [3.63, 3.8) is 0 Å². The average molecular weight is 255 g/mol. The molecule has 3 rings (SSSR count). The highest BCUT2D eigenvalue weighted by Crippen LogP contribution is 2.39. The summed E-state index contributed by atoms with van der Waals surface area (Å²) in [6.45, 7) is 3.18. The van der Waals surface area contributed by atoms with Gasteiger partial charge in [0.1, 0.15) is 0 Å². The van der Waals surface area contributed by atoms with Gasteiger partial charge in [0.15, 0.2) is 0 Å². The second kappa shape index (κ2) is 4.68. The predicted molar refractivity (Wildman–Crippen MR) is 74.7 cm³/mol. The van der Waals surface area contributed by atoms with Crippen LogP contribution in [0.2, 0.25) is 0 Å². The zero-order valence-corrected chi connectivity index (χ0v) is 10.9. The number of nitrogen functional groups attached to an aromatic ring is 1. The van der Waals surface area contributed by atoms with E-state index < -0.39 is 5.79 Å². The number of hydrogen-bond donors (Lipinski definition) is 1. The molecule has 1 aliphatic heterocycles. The monoisotopic (exact) mass is 255 g/mol. The third-order valence-electron chi connectivity index (χ3n) is 3.50. The first kappa shape index (κ1) is 12.2. The number of ether oxygens (including phenoxy) is 2. The Bertz CT molecular complexity index is 575. The number of benzene rings is 2. The fraction of sp³-hybridized carbons (Fsp3) is 0.250. The molecule has 1 aliphatic rings. The van der Waals surface area contributed by atoms with Gasteiger partial charge in [-0.1, -0.05) is 36.4 Å². The second-order valence-electron chi connectivity index (χ2n) is 4.75. The Balaban J connectivity index is 2.13. The fourth-order valence-electron chi connectivity index (χ4n) is 2.45. The lowest BCUT2D eigenvalue weighted by atomic mass is 9.95. The molecule has 3 heteroatoms. The van der Waals surface area contributed by atoms with Crippen molar-refractivity contribution in [2.75, 3.05) is 18.9 Å². The standard InChI is InChI=1S/C16H17NO2/c1-12-11-14(7-8-15(12)17)16(18-9-10-19-16)13-5-3-2-4-6-13/h2-8,11H,9-10,17H2,1H3. The minimum Gasteiger partial charge on any atom is -0.399 e. The van der Waals surface area contributed by atoms with Gasteiger partial charge in [-0.2, -0.15) is 0 Å². The first-order chi connectivity index (χ1) is 9.22. The quantitative estimate of drug-likeness (QED) is 0.839. The van der Waals surface area contributed by atoms with Crippen LogP contribution in [-0.2, 0) is 15.3 Å². The van der Waals surface area contributed by atoms with Gasteiger partial charge in [-0.25, -0.2) is 0 Å². The minimum atomic E-state index is -0.792. The van der Waals surface area contributed by atoms with E-state index in [2.05, 4.69) is 0 Å². The van der Waals surface area contributed by atoms with Gasteiger partial charge in [-0.3, -0.25) is 0 Å². The minimum absolute atomic E-state index is 0.596. The first-order valence-corrected chi connectivity index (χ1v) is 6.42. The Morgan fingerprint density at radius 2 is 1.63 bits per heavy atom. The van der Waals surface area contributed by atoms with Gasteiger partial charge < -0.3 is 15.2 Å². The maximum atomic E-state index is 5.94. The van der Waals surface area contributed by atoms with Crippen molar-refractivity contribution in [2.24, 2.45) is 0 Å². The summed E-state index contributed by atoms with van der Waals surface area (Å²) in [7, 11) is 0. The molecule has 98 valence electrons. The van der Waals surface area contributed by atoms with E-state index in [1.807, 2.05) is 55.5 Å². The van der Waals surface area contributed by atoms with E-state index in [0.29, 0.717) is 13.2 Å². The second-order valence-corrected chi connectivity index (χ2v) is 4.75. The van der Waals surface area contributed by atoms with Gasteiger partial charge in [0.25, 0.3) is 0 Å². The van der Waals surface area contributed by atoms with E-state index >= 15 is 0 Å². The molecule has 3 nitrogen and oxygen atoms in total. The summed E-state index contributed by atoms with van der Waals surface area (Å²) in [6, 6.07) is 15.9. The maximum Gasteiger partial charge on any atom is 0.222 e. The fourth-order valence-corrected chi connectivity index (χ4v) is 2.45. The molecule has 0 aliphatic carbocycles. The van der Waals surface area contributed by atoms with Gasteiger partial charge in [0.05, 0.1) is 13.2 Å². The SMILES string of the molecule is Cc1cc(C2(c3ccccc3)OCCO2)ccc1N. The van der Waals surface area contributed by atoms with Crippen LogP contribution in [0, 0.1) is 6.92 Å². The van der Waals surface area contributed by atoms with Gasteiger partial charge in [-0.05, 0) is 24.6 Å². The summed E-state index contributed by atoms with van der Waals surface area (Å²) in [5.74, 6) is -0.792. The van der Waals surface area contributed by atoms with Crippen LogP contribution < -0.4 is 5.73 Å². The third-order valence-corrected chi connectivity index (χ3v) is 3.50. The molecule has 0 bridgehead atoms. The molecule has 19 heavy (non-hydrogen) atoms. The molecule has 2 aromatic carbocycles. The lowest BCUT2D eigenvalue weighted by Crippen LogP contribution is -2.28. The summed E-state index contributed by atoms with van der Waals surface area (Å²) >= 11 is 0. The molecule has 1 fully saturated rings. The normalized spacial score (nSPS) is 17.5. The van der Waals surface area contributed by atoms with E-state index in [-0.39, 0.29) is 0 Å². The summed E-state index contributed by atoms with van der Waals surface area (Å²) in [5.41, 5.74) is 9.70. The Hall–Kier alpha value is -1.84. The van der Waals surface area contributed by atoms with Crippen LogP contribution in [0.5, 0.6) is 0 Å². The predicted octanol–water partition coefficient (Wildman–Crippen LogP) is 2.83. The number of aryl methyl sites for hydroxylation is 1. The molecule has 0 radical (unpaired) electrons. The van der Waals surface area contributed by atoms with Crippen LogP contribution in [-0.4, -0.2) is 13.2 Å². The molecule has 2 aromatic rings. The molecular formula is C16H17NO2. The molecule has 1 heterocycles. The molecule has 2 N–H and O–H groups in total. The molecule has 0 atom stereocenters. The van der Waals surface area contributed by atoms with Crippen molar-refractivity contribution in [1.82, 2.24) is 0 Å². The number of nitrogens with two attached hydrogens (primary N) is 1. The van der Waals surface area contributed by atoms with Crippen LogP contribution in [0.1, 0.15) is 16.7 Å². The molecule has 0 spiro atoms. The number of rotatable bonds is 2. The molecule has 0 saturated carbocycles. The van der Waals surface area contributed by atoms with E-state index in [1.54, 1.807) is 0 Å². The third kappa shape index (κ3) is 2.01. The largest absolute Gasteiger partial charge is 0.399 e. The Morgan fingerprint density at radius 1 is 0.947 bits per heavy atom. The lowest BCUT2D eigenvalue weighted by molar-refractivity contribution is -0.129. The number of anilines is 1. The van der Waals surface area contributed by atoms with Crippen LogP contribution in [0.3, 0.4) is 0 Å². The van der Waals surface area contributed by atoms with Crippen LogP contribution in [0.15, 0.2) is 48.5 Å². The van der Waals surface area contributed by atoms with Crippen LogP contribution >= 0.6 is 0 Å². The molecule has 0 aromatic heterocycles. The zero-order valence-electron chi connectivity index (χ0n) is 10.9. The first-order valence-electron chi connectivity index (χ1n) is 6.42. The van der Waals surface area contributed by atoms with Crippen molar-refractivity contribution in [1.29, 1.82) is 0 Å². The summed E-state index contributed by atoms with van der Waals surface area (Å²) < 4.78 is 11.9. The highest BCUT2D eigenvalue weighted by atomic mass is 16.7. The van der Waals surface area contributed by atoms with E-state index in [4.69, 9.17) is 15.2 Å². The van der Waals surface area contributed by atoms with Gasteiger partial charge in [0, 0.05) is 16.8 Å². The molecule has 1 saturated heterocycles. The Kier molecular flexibility index (Phi) is 3.01. The molecule has 0 amide bonds. The Morgan fingerprint density at radius 3 is 2.26 bits per heavy atom. The van der Waals surface area contributed by atoms with E-state index in [9.17, 15) is 0 Å². The van der Waals surface area contributed by atoms with E-state index in [0.717, 1.165) is 22.4 Å². The van der Waals surface area contributed by atoms with Crippen molar-refractivity contribution in [3.8, 4) is 0 Å². The summed E-state index contributed by atoms with van der Waals surface area (Å²) in [6.07, 6.45) is 0. The van der Waals surface area contributed by atoms with Gasteiger partial charge in [-0.15, -0.1) is 0 Å².